The Morgan fingerprint density at radius 2 is 1.97 bits per heavy atom. The number of nitrogens with zero attached hydrogens (tertiary/aromatic N) is 2. The van der Waals surface area contributed by atoms with Crippen LogP contribution in [0.5, 0.6) is 0 Å². The maximum absolute atomic E-state index is 12.7. The summed E-state index contributed by atoms with van der Waals surface area (Å²) in [5.74, 6) is 1.25. The lowest BCUT2D eigenvalue weighted by Gasteiger charge is -2.34. The Labute approximate surface area is 176 Å². The fourth-order valence-electron chi connectivity index (χ4n) is 4.69. The van der Waals surface area contributed by atoms with E-state index in [1.165, 1.54) is 21.7 Å². The first-order valence-electron chi connectivity index (χ1n) is 10.7. The van der Waals surface area contributed by atoms with E-state index in [2.05, 4.69) is 54.1 Å². The molecule has 30 heavy (non-hydrogen) atoms. The number of quaternary nitrogens is 1. The summed E-state index contributed by atoms with van der Waals surface area (Å²) in [6, 6.07) is 17.2. The van der Waals surface area contributed by atoms with Crippen molar-refractivity contribution in [2.45, 2.75) is 26.1 Å². The number of benzene rings is 1. The maximum Gasteiger partial charge on any atom is 0.289 e. The van der Waals surface area contributed by atoms with Gasteiger partial charge < -0.3 is 23.5 Å². The Morgan fingerprint density at radius 3 is 2.80 bits per heavy atom. The number of furan rings is 1. The van der Waals surface area contributed by atoms with Gasteiger partial charge in [-0.3, -0.25) is 4.79 Å². The number of morpholine rings is 1. The van der Waals surface area contributed by atoms with Crippen LogP contribution < -0.4 is 4.90 Å². The minimum Gasteiger partial charge on any atom is -0.450 e. The van der Waals surface area contributed by atoms with Crippen molar-refractivity contribution in [1.29, 1.82) is 0 Å². The second kappa shape index (κ2) is 8.13. The van der Waals surface area contributed by atoms with Crippen molar-refractivity contribution in [3.8, 4) is 0 Å². The number of hydrogen-bond donors (Lipinski definition) is 1. The van der Waals surface area contributed by atoms with Crippen molar-refractivity contribution in [2.75, 3.05) is 32.8 Å². The lowest BCUT2D eigenvalue weighted by molar-refractivity contribution is -0.944. The molecule has 0 saturated carbocycles. The summed E-state index contributed by atoms with van der Waals surface area (Å²) in [6.45, 7) is 7.32. The zero-order valence-corrected chi connectivity index (χ0v) is 17.3. The molecule has 6 nitrogen and oxygen atoms in total. The Balaban J connectivity index is 1.38. The van der Waals surface area contributed by atoms with Crippen LogP contribution in [0.1, 0.15) is 39.2 Å². The summed E-state index contributed by atoms with van der Waals surface area (Å²) >= 11 is 0. The largest absolute Gasteiger partial charge is 0.450 e. The minimum atomic E-state index is -0.0395. The second-order valence-electron chi connectivity index (χ2n) is 8.23. The molecule has 2 aromatic heterocycles. The van der Waals surface area contributed by atoms with Crippen LogP contribution in [0.4, 0.5) is 0 Å². The summed E-state index contributed by atoms with van der Waals surface area (Å²) in [5.41, 5.74) is 3.92. The number of nitrogens with one attached hydrogen (secondary N) is 1. The Hall–Kier alpha value is -2.83. The average molecular weight is 407 g/mol. The van der Waals surface area contributed by atoms with E-state index in [0.29, 0.717) is 32.1 Å². The summed E-state index contributed by atoms with van der Waals surface area (Å²) in [7, 11) is 0. The molecular weight excluding hydrogens is 378 g/mol. The number of fused-ring (bicyclic) bond motifs is 1. The van der Waals surface area contributed by atoms with Crippen LogP contribution in [0, 0.1) is 6.92 Å². The molecule has 2 aliphatic heterocycles. The molecule has 6 heteroatoms. The fraction of sp³-hybridized carbons (Fsp3) is 0.375. The molecule has 0 radical (unpaired) electrons. The number of amides is 1. The second-order valence-corrected chi connectivity index (χ2v) is 8.23. The van der Waals surface area contributed by atoms with Crippen molar-refractivity contribution in [2.24, 2.45) is 0 Å². The van der Waals surface area contributed by atoms with E-state index in [0.717, 1.165) is 25.4 Å². The van der Waals surface area contributed by atoms with Gasteiger partial charge in [0, 0.05) is 24.8 Å². The van der Waals surface area contributed by atoms with E-state index in [4.69, 9.17) is 9.15 Å². The van der Waals surface area contributed by atoms with Crippen molar-refractivity contribution >= 4 is 5.91 Å². The van der Waals surface area contributed by atoms with E-state index in [1.54, 1.807) is 0 Å². The smallest absolute Gasteiger partial charge is 0.289 e. The van der Waals surface area contributed by atoms with Crippen LogP contribution in [0.25, 0.3) is 0 Å². The molecule has 1 aromatic carbocycles. The summed E-state index contributed by atoms with van der Waals surface area (Å²) in [5, 5.41) is 0. The number of aromatic nitrogens is 1. The fourth-order valence-corrected chi connectivity index (χ4v) is 4.69. The highest BCUT2D eigenvalue weighted by atomic mass is 16.5. The van der Waals surface area contributed by atoms with Gasteiger partial charge in [0.05, 0.1) is 32.0 Å². The van der Waals surface area contributed by atoms with Gasteiger partial charge in [-0.05, 0) is 37.3 Å². The molecule has 1 amide bonds. The first-order valence-corrected chi connectivity index (χ1v) is 10.7. The molecule has 1 unspecified atom stereocenters. The van der Waals surface area contributed by atoms with Gasteiger partial charge in [-0.1, -0.05) is 23.8 Å². The van der Waals surface area contributed by atoms with Gasteiger partial charge in [0.2, 0.25) is 0 Å². The topological polar surface area (TPSA) is 52.0 Å². The van der Waals surface area contributed by atoms with Crippen LogP contribution in [0.3, 0.4) is 0 Å². The Morgan fingerprint density at radius 1 is 1.10 bits per heavy atom. The first kappa shape index (κ1) is 19.2. The highest BCUT2D eigenvalue weighted by Crippen LogP contribution is 2.24. The normalized spacial score (nSPS) is 21.4. The van der Waals surface area contributed by atoms with E-state index in [-0.39, 0.29) is 11.9 Å². The quantitative estimate of drug-likeness (QED) is 0.722. The van der Waals surface area contributed by atoms with Crippen LogP contribution in [-0.2, 0) is 17.8 Å². The van der Waals surface area contributed by atoms with Crippen molar-refractivity contribution in [1.82, 2.24) is 9.47 Å². The predicted molar refractivity (Wildman–Crippen MR) is 112 cm³/mol. The molecule has 156 valence electrons. The van der Waals surface area contributed by atoms with Crippen molar-refractivity contribution in [3.63, 3.8) is 0 Å². The highest BCUT2D eigenvalue weighted by molar-refractivity contribution is 5.91. The molecule has 1 fully saturated rings. The average Bonchev–Trinajstić information content (AvgIpc) is 3.43. The first-order chi connectivity index (χ1) is 14.7. The van der Waals surface area contributed by atoms with E-state index < -0.39 is 0 Å². The number of carbonyl (C=O) groups excluding carboxylic acids is 1. The van der Waals surface area contributed by atoms with Gasteiger partial charge in [0.25, 0.3) is 5.91 Å². The lowest BCUT2D eigenvalue weighted by Crippen LogP contribution is -3.12. The molecule has 0 bridgehead atoms. The minimum absolute atomic E-state index is 0.0395. The predicted octanol–water partition coefficient (Wildman–Crippen LogP) is 2.05. The molecule has 0 spiro atoms. The number of carbonyl (C=O) groups is 1. The van der Waals surface area contributed by atoms with Gasteiger partial charge in [-0.2, -0.15) is 0 Å². The summed E-state index contributed by atoms with van der Waals surface area (Å²) < 4.78 is 13.7. The van der Waals surface area contributed by atoms with Crippen LogP contribution in [0.2, 0.25) is 0 Å². The Kier molecular flexibility index (Phi) is 5.19. The molecular formula is C24H28N3O3+. The van der Waals surface area contributed by atoms with Gasteiger partial charge in [-0.25, -0.2) is 0 Å². The van der Waals surface area contributed by atoms with E-state index in [1.807, 2.05) is 17.0 Å². The van der Waals surface area contributed by atoms with Gasteiger partial charge in [-0.15, -0.1) is 0 Å². The lowest BCUT2D eigenvalue weighted by atomic mass is 9.98. The Bertz CT molecular complexity index is 1030. The maximum atomic E-state index is 12.7. The highest BCUT2D eigenvalue weighted by Gasteiger charge is 2.33. The molecule has 1 saturated heterocycles. The summed E-state index contributed by atoms with van der Waals surface area (Å²) in [4.78, 5) is 16.0. The number of ether oxygens (including phenoxy) is 1. The number of hydrogen-bond acceptors (Lipinski definition) is 3. The van der Waals surface area contributed by atoms with Gasteiger partial charge >= 0.3 is 0 Å². The SMILES string of the molecule is Cc1cccc([C@@H]2c3cccn3CC[NH+]2Cc2ccc(C(=O)N3CCOCC3)o2)c1. The number of rotatable bonds is 4. The third-order valence-corrected chi connectivity index (χ3v) is 6.19. The standard InChI is InChI=1S/C24H27N3O3/c1-18-4-2-5-19(16-18)23-21-6-3-9-25(21)10-11-27(23)17-20-7-8-22(30-20)24(28)26-12-14-29-15-13-26/h2-9,16,23H,10-15,17H2,1H3/p+1/t23-/m1/s1. The van der Waals surface area contributed by atoms with Crippen molar-refractivity contribution < 1.29 is 18.8 Å². The van der Waals surface area contributed by atoms with Crippen LogP contribution in [-0.4, -0.2) is 48.2 Å². The molecule has 2 atom stereocenters. The molecule has 1 N–H and O–H groups in total. The number of aryl methyl sites for hydroxylation is 1. The van der Waals surface area contributed by atoms with Gasteiger partial charge in [0.15, 0.2) is 17.6 Å². The zero-order valence-electron chi connectivity index (χ0n) is 17.3. The zero-order chi connectivity index (χ0) is 20.5. The molecule has 2 aliphatic rings. The van der Waals surface area contributed by atoms with E-state index in [9.17, 15) is 4.79 Å². The van der Waals surface area contributed by atoms with Crippen LogP contribution in [0.15, 0.2) is 59.1 Å². The monoisotopic (exact) mass is 406 g/mol. The third-order valence-electron chi connectivity index (χ3n) is 6.19. The van der Waals surface area contributed by atoms with E-state index >= 15 is 0 Å². The molecule has 4 heterocycles. The van der Waals surface area contributed by atoms with Crippen LogP contribution >= 0.6 is 0 Å². The van der Waals surface area contributed by atoms with Gasteiger partial charge in [0.1, 0.15) is 6.54 Å². The summed E-state index contributed by atoms with van der Waals surface area (Å²) in [6.07, 6.45) is 2.17. The molecule has 0 aliphatic carbocycles. The molecule has 3 aromatic rings. The third kappa shape index (κ3) is 3.68. The molecule has 5 rings (SSSR count). The van der Waals surface area contributed by atoms with Crippen molar-refractivity contribution in [3.05, 3.63) is 83.1 Å².